The highest BCUT2D eigenvalue weighted by atomic mass is 35.5. The summed E-state index contributed by atoms with van der Waals surface area (Å²) < 4.78 is 15.6. The van der Waals surface area contributed by atoms with Gasteiger partial charge in [0.2, 0.25) is 0 Å². The minimum atomic E-state index is -0.240. The summed E-state index contributed by atoms with van der Waals surface area (Å²) in [7, 11) is 0. The van der Waals surface area contributed by atoms with Crippen molar-refractivity contribution in [1.29, 1.82) is 0 Å². The number of aryl methyl sites for hydroxylation is 1. The number of aromatic nitrogens is 3. The van der Waals surface area contributed by atoms with E-state index in [4.69, 9.17) is 11.6 Å². The number of rotatable bonds is 3. The van der Waals surface area contributed by atoms with Crippen LogP contribution in [0.2, 0.25) is 0 Å². The maximum atomic E-state index is 13.6. The number of halogens is 2. The Morgan fingerprint density at radius 2 is 2.26 bits per heavy atom. The van der Waals surface area contributed by atoms with Gasteiger partial charge in [0.1, 0.15) is 11.6 Å². The van der Waals surface area contributed by atoms with Gasteiger partial charge in [0, 0.05) is 17.1 Å². The lowest BCUT2D eigenvalue weighted by Gasteiger charge is -2.06. The largest absolute Gasteiger partial charge is 0.322 e. The van der Waals surface area contributed by atoms with E-state index >= 15 is 0 Å². The third-order valence-electron chi connectivity index (χ3n) is 3.02. The Morgan fingerprint density at radius 1 is 1.42 bits per heavy atom. The van der Waals surface area contributed by atoms with Crippen LogP contribution in [-0.4, -0.2) is 14.5 Å². The summed E-state index contributed by atoms with van der Waals surface area (Å²) in [5, 5.41) is 0. The summed E-state index contributed by atoms with van der Waals surface area (Å²) in [6.07, 6.45) is 1.82. The molecule has 0 aliphatic carbocycles. The van der Waals surface area contributed by atoms with Gasteiger partial charge in [0.25, 0.3) is 0 Å². The quantitative estimate of drug-likeness (QED) is 0.689. The Balaban J connectivity index is 2.17. The van der Waals surface area contributed by atoms with Crippen molar-refractivity contribution >= 4 is 34.0 Å². The Kier molecular flexibility index (Phi) is 3.24. The van der Waals surface area contributed by atoms with Crippen LogP contribution in [0.15, 0.2) is 23.8 Å². The van der Waals surface area contributed by atoms with E-state index in [2.05, 4.69) is 9.97 Å². The summed E-state index contributed by atoms with van der Waals surface area (Å²) in [4.78, 5) is 9.57. The molecule has 0 saturated carbocycles. The molecule has 19 heavy (non-hydrogen) atoms. The fraction of sp³-hybridized carbons (Fsp3) is 0.231. The molecule has 6 heteroatoms. The predicted octanol–water partition coefficient (Wildman–Crippen LogP) is 3.73. The second-order valence-corrected chi connectivity index (χ2v) is 5.54. The van der Waals surface area contributed by atoms with Gasteiger partial charge < -0.3 is 4.57 Å². The molecule has 2 heterocycles. The summed E-state index contributed by atoms with van der Waals surface area (Å²) in [5.74, 6) is 0.805. The highest BCUT2D eigenvalue weighted by molar-refractivity contribution is 7.09. The Bertz CT molecular complexity index is 721. The van der Waals surface area contributed by atoms with Crippen LogP contribution in [0.5, 0.6) is 0 Å². The number of hydrogen-bond acceptors (Lipinski definition) is 3. The van der Waals surface area contributed by atoms with Crippen LogP contribution in [0.4, 0.5) is 4.39 Å². The first-order chi connectivity index (χ1) is 9.19. The van der Waals surface area contributed by atoms with Crippen molar-refractivity contribution in [2.45, 2.75) is 19.3 Å². The van der Waals surface area contributed by atoms with Crippen LogP contribution in [0, 0.1) is 12.7 Å². The van der Waals surface area contributed by atoms with Crippen LogP contribution < -0.4 is 0 Å². The highest BCUT2D eigenvalue weighted by Gasteiger charge is 2.13. The fourth-order valence-electron chi connectivity index (χ4n) is 2.05. The molecule has 3 nitrogen and oxygen atoms in total. The minimum absolute atomic E-state index is 0.240. The fourth-order valence-corrected chi connectivity index (χ4v) is 2.84. The van der Waals surface area contributed by atoms with E-state index in [1.165, 1.54) is 6.07 Å². The number of fused-ring (bicyclic) bond motifs is 1. The monoisotopic (exact) mass is 295 g/mol. The average molecular weight is 296 g/mol. The molecule has 1 aromatic carbocycles. The molecule has 0 fully saturated rings. The molecule has 98 valence electrons. The third kappa shape index (κ3) is 2.24. The highest BCUT2D eigenvalue weighted by Crippen LogP contribution is 2.23. The lowest BCUT2D eigenvalue weighted by molar-refractivity contribution is 0.620. The van der Waals surface area contributed by atoms with Crippen molar-refractivity contribution in [3.63, 3.8) is 0 Å². The summed E-state index contributed by atoms with van der Waals surface area (Å²) >= 11 is 7.51. The first-order valence-electron chi connectivity index (χ1n) is 5.77. The number of benzene rings is 1. The maximum absolute atomic E-state index is 13.6. The van der Waals surface area contributed by atoms with E-state index in [1.807, 2.05) is 16.8 Å². The molecular weight excluding hydrogens is 285 g/mol. The molecule has 0 atom stereocenters. The van der Waals surface area contributed by atoms with Gasteiger partial charge in [-0.25, -0.2) is 9.37 Å². The van der Waals surface area contributed by atoms with Gasteiger partial charge in [0.05, 0.1) is 29.0 Å². The minimum Gasteiger partial charge on any atom is -0.322 e. The predicted molar refractivity (Wildman–Crippen MR) is 75.2 cm³/mol. The van der Waals surface area contributed by atoms with Crippen LogP contribution >= 0.6 is 22.9 Å². The molecule has 0 N–H and O–H groups in total. The number of imidazole rings is 1. The second-order valence-electron chi connectivity index (χ2n) is 4.31. The van der Waals surface area contributed by atoms with Gasteiger partial charge in [-0.05, 0) is 18.6 Å². The van der Waals surface area contributed by atoms with Crippen molar-refractivity contribution in [1.82, 2.24) is 14.5 Å². The van der Waals surface area contributed by atoms with Crippen LogP contribution in [0.25, 0.3) is 11.0 Å². The van der Waals surface area contributed by atoms with Crippen LogP contribution in [0.3, 0.4) is 0 Å². The molecule has 0 amide bonds. The molecule has 0 radical (unpaired) electrons. The second kappa shape index (κ2) is 4.90. The molecule has 0 bridgehead atoms. The average Bonchev–Trinajstić information content (AvgIpc) is 3.00. The van der Waals surface area contributed by atoms with Gasteiger partial charge in [-0.1, -0.05) is 0 Å². The van der Waals surface area contributed by atoms with E-state index in [0.29, 0.717) is 23.5 Å². The Labute approximate surface area is 118 Å². The Morgan fingerprint density at radius 3 is 2.95 bits per heavy atom. The molecular formula is C13H11ClFN3S. The normalized spacial score (nSPS) is 11.3. The van der Waals surface area contributed by atoms with Gasteiger partial charge in [0.15, 0.2) is 0 Å². The van der Waals surface area contributed by atoms with Gasteiger partial charge >= 0.3 is 0 Å². The number of thiazole rings is 1. The lowest BCUT2D eigenvalue weighted by atomic mass is 10.2. The summed E-state index contributed by atoms with van der Waals surface area (Å²) in [6.45, 7) is 2.41. The van der Waals surface area contributed by atoms with E-state index in [1.54, 1.807) is 23.8 Å². The molecule has 0 aliphatic heterocycles. The zero-order valence-electron chi connectivity index (χ0n) is 10.2. The lowest BCUT2D eigenvalue weighted by Crippen LogP contribution is -2.02. The van der Waals surface area contributed by atoms with Crippen molar-refractivity contribution in [3.8, 4) is 0 Å². The van der Waals surface area contributed by atoms with Crippen LogP contribution in [0.1, 0.15) is 16.3 Å². The zero-order valence-corrected chi connectivity index (χ0v) is 11.8. The molecule has 3 rings (SSSR count). The first kappa shape index (κ1) is 12.6. The zero-order chi connectivity index (χ0) is 13.4. The van der Waals surface area contributed by atoms with Crippen LogP contribution in [-0.2, 0) is 12.4 Å². The smallest absolute Gasteiger partial charge is 0.128 e. The standard InChI is InChI=1S/C13H11ClFN3S/c1-8-2-12-11(3-10(8)15)17-13(4-14)18(12)6-9-5-16-7-19-9/h2-3,5,7H,4,6H2,1H3. The van der Waals surface area contributed by atoms with Crippen molar-refractivity contribution in [2.24, 2.45) is 0 Å². The number of nitrogens with zero attached hydrogens (tertiary/aromatic N) is 3. The molecule has 2 aromatic heterocycles. The molecule has 0 saturated heterocycles. The topological polar surface area (TPSA) is 30.7 Å². The van der Waals surface area contributed by atoms with Gasteiger partial charge in [-0.2, -0.15) is 0 Å². The van der Waals surface area contributed by atoms with E-state index in [0.717, 1.165) is 16.2 Å². The SMILES string of the molecule is Cc1cc2c(cc1F)nc(CCl)n2Cc1cncs1. The Hall–Kier alpha value is -1.46. The maximum Gasteiger partial charge on any atom is 0.128 e. The van der Waals surface area contributed by atoms with E-state index in [-0.39, 0.29) is 5.82 Å². The van der Waals surface area contributed by atoms with Crippen molar-refractivity contribution in [3.05, 3.63) is 45.9 Å². The van der Waals surface area contributed by atoms with Crippen molar-refractivity contribution in [2.75, 3.05) is 0 Å². The number of hydrogen-bond donors (Lipinski definition) is 0. The van der Waals surface area contributed by atoms with Gasteiger partial charge in [-0.3, -0.25) is 4.98 Å². The summed E-state index contributed by atoms with van der Waals surface area (Å²) in [6, 6.07) is 3.28. The third-order valence-corrected chi connectivity index (χ3v) is 4.03. The van der Waals surface area contributed by atoms with E-state index in [9.17, 15) is 4.39 Å². The molecule has 0 aliphatic rings. The molecule has 0 unspecified atom stereocenters. The van der Waals surface area contributed by atoms with E-state index < -0.39 is 0 Å². The summed E-state index contributed by atoms with van der Waals surface area (Å²) in [5.41, 5.74) is 3.95. The number of alkyl halides is 1. The molecule has 0 spiro atoms. The van der Waals surface area contributed by atoms with Crippen molar-refractivity contribution < 1.29 is 4.39 Å². The molecule has 3 aromatic rings. The first-order valence-corrected chi connectivity index (χ1v) is 7.19. The van der Waals surface area contributed by atoms with Gasteiger partial charge in [-0.15, -0.1) is 22.9 Å².